The number of esters is 2. The monoisotopic (exact) mass is 387 g/mol. The van der Waals surface area contributed by atoms with Crippen molar-refractivity contribution >= 4 is 39.8 Å². The van der Waals surface area contributed by atoms with Crippen molar-refractivity contribution < 1.29 is 19.1 Å². The molecule has 0 saturated heterocycles. The zero-order valence-electron chi connectivity index (χ0n) is 14.1. The lowest BCUT2D eigenvalue weighted by atomic mass is 10.1. The number of benzene rings is 2. The fourth-order valence-electron chi connectivity index (χ4n) is 2.33. The Balaban J connectivity index is 1.68. The number of rotatable bonds is 5. The van der Waals surface area contributed by atoms with E-state index in [1.807, 2.05) is 18.2 Å². The molecule has 3 rings (SSSR count). The molecule has 0 saturated carbocycles. The van der Waals surface area contributed by atoms with Gasteiger partial charge in [-0.25, -0.2) is 9.59 Å². The Hall–Kier alpha value is -2.25. The van der Waals surface area contributed by atoms with Gasteiger partial charge in [0.15, 0.2) is 0 Å². The van der Waals surface area contributed by atoms with E-state index >= 15 is 0 Å². The lowest BCUT2D eigenvalue weighted by molar-refractivity contribution is 0.0600. The summed E-state index contributed by atoms with van der Waals surface area (Å²) in [5.74, 6) is 1.21. The van der Waals surface area contributed by atoms with E-state index < -0.39 is 11.9 Å². The second kappa shape index (κ2) is 8.91. The van der Waals surface area contributed by atoms with Gasteiger partial charge >= 0.3 is 11.9 Å². The van der Waals surface area contributed by atoms with Crippen molar-refractivity contribution in [3.63, 3.8) is 0 Å². The molecule has 0 radical (unpaired) electrons. The Morgan fingerprint density at radius 2 is 1.88 bits per heavy atom. The third-order valence-corrected chi connectivity index (χ3v) is 5.93. The standard InChI is InChI=1S/C19H17NO4S2/c1-23-17(21)13-6-8-15(9-7-13)24-18(22)16-5-3-2-4-14(16)12-26-19-20-10-11-25-19/h2-9H,10-12H2,1H3. The molecule has 0 amide bonds. The van der Waals surface area contributed by atoms with E-state index in [0.717, 1.165) is 22.2 Å². The van der Waals surface area contributed by atoms with Gasteiger partial charge in [0.05, 0.1) is 24.8 Å². The largest absolute Gasteiger partial charge is 0.465 e. The fraction of sp³-hybridized carbons (Fsp3) is 0.211. The van der Waals surface area contributed by atoms with Gasteiger partial charge in [0, 0.05) is 11.5 Å². The molecule has 0 aromatic heterocycles. The van der Waals surface area contributed by atoms with Gasteiger partial charge in [-0.2, -0.15) is 0 Å². The minimum atomic E-state index is -0.432. The zero-order valence-corrected chi connectivity index (χ0v) is 15.8. The van der Waals surface area contributed by atoms with Gasteiger partial charge in [-0.1, -0.05) is 41.7 Å². The Labute approximate surface area is 160 Å². The van der Waals surface area contributed by atoms with Crippen molar-refractivity contribution in [2.45, 2.75) is 5.75 Å². The Morgan fingerprint density at radius 1 is 1.12 bits per heavy atom. The highest BCUT2D eigenvalue weighted by Crippen LogP contribution is 2.27. The van der Waals surface area contributed by atoms with Gasteiger partial charge in [-0.05, 0) is 35.9 Å². The third kappa shape index (κ3) is 4.68. The van der Waals surface area contributed by atoms with Gasteiger partial charge in [-0.3, -0.25) is 4.99 Å². The predicted octanol–water partition coefficient (Wildman–Crippen LogP) is 4.03. The van der Waals surface area contributed by atoms with E-state index in [4.69, 9.17) is 4.74 Å². The van der Waals surface area contributed by atoms with Crippen LogP contribution in [0.3, 0.4) is 0 Å². The van der Waals surface area contributed by atoms with Crippen LogP contribution in [0.4, 0.5) is 0 Å². The Morgan fingerprint density at radius 3 is 2.58 bits per heavy atom. The van der Waals surface area contributed by atoms with Crippen LogP contribution in [0, 0.1) is 0 Å². The summed E-state index contributed by atoms with van der Waals surface area (Å²) in [5, 5.41) is 0. The molecule has 1 heterocycles. The predicted molar refractivity (Wildman–Crippen MR) is 105 cm³/mol. The smallest absolute Gasteiger partial charge is 0.343 e. The van der Waals surface area contributed by atoms with Crippen LogP contribution >= 0.6 is 23.5 Å². The summed E-state index contributed by atoms with van der Waals surface area (Å²) in [7, 11) is 1.32. The van der Waals surface area contributed by atoms with Gasteiger partial charge < -0.3 is 9.47 Å². The molecule has 2 aromatic carbocycles. The molecule has 7 heteroatoms. The van der Waals surface area contributed by atoms with E-state index in [1.165, 1.54) is 7.11 Å². The highest BCUT2D eigenvalue weighted by molar-refractivity contribution is 8.38. The normalized spacial score (nSPS) is 13.2. The number of carbonyl (C=O) groups excluding carboxylic acids is 2. The van der Waals surface area contributed by atoms with Gasteiger partial charge in [0.2, 0.25) is 0 Å². The number of ether oxygens (including phenoxy) is 2. The number of nitrogens with zero attached hydrogens (tertiary/aromatic N) is 1. The first-order valence-corrected chi connectivity index (χ1v) is 9.93. The molecule has 26 heavy (non-hydrogen) atoms. The topological polar surface area (TPSA) is 65.0 Å². The molecule has 5 nitrogen and oxygen atoms in total. The summed E-state index contributed by atoms with van der Waals surface area (Å²) in [6.07, 6.45) is 0. The van der Waals surface area contributed by atoms with E-state index in [1.54, 1.807) is 53.9 Å². The first kappa shape index (κ1) is 18.5. The molecule has 0 N–H and O–H groups in total. The van der Waals surface area contributed by atoms with Crippen molar-refractivity contribution in [1.82, 2.24) is 0 Å². The molecule has 0 unspecified atom stereocenters. The number of methoxy groups -OCH3 is 1. The molecule has 134 valence electrons. The van der Waals surface area contributed by atoms with Crippen molar-refractivity contribution in [2.75, 3.05) is 19.4 Å². The summed E-state index contributed by atoms with van der Waals surface area (Å²) in [6.45, 7) is 0.859. The average molecular weight is 387 g/mol. The molecule has 0 spiro atoms. The minimum absolute atomic E-state index is 0.376. The lowest BCUT2D eigenvalue weighted by Crippen LogP contribution is -2.11. The van der Waals surface area contributed by atoms with Crippen LogP contribution in [-0.2, 0) is 10.5 Å². The molecule has 1 aliphatic rings. The molecule has 1 aliphatic heterocycles. The van der Waals surface area contributed by atoms with Crippen LogP contribution in [0.5, 0.6) is 5.75 Å². The first-order valence-electron chi connectivity index (χ1n) is 7.96. The molecule has 0 aliphatic carbocycles. The summed E-state index contributed by atoms with van der Waals surface area (Å²) in [4.78, 5) is 28.4. The first-order chi connectivity index (χ1) is 12.7. The van der Waals surface area contributed by atoms with Crippen LogP contribution in [0.25, 0.3) is 0 Å². The van der Waals surface area contributed by atoms with E-state index in [9.17, 15) is 9.59 Å². The zero-order chi connectivity index (χ0) is 18.4. The van der Waals surface area contributed by atoms with Gasteiger partial charge in [0.1, 0.15) is 10.1 Å². The SMILES string of the molecule is COC(=O)c1ccc(OC(=O)c2ccccc2CSC2=NCCS2)cc1. The second-order valence-electron chi connectivity index (χ2n) is 5.35. The summed E-state index contributed by atoms with van der Waals surface area (Å²) < 4.78 is 11.2. The molecule has 0 atom stereocenters. The molecular weight excluding hydrogens is 370 g/mol. The molecule has 2 aromatic rings. The average Bonchev–Trinajstić information content (AvgIpc) is 3.20. The minimum Gasteiger partial charge on any atom is -0.465 e. The van der Waals surface area contributed by atoms with Crippen LogP contribution < -0.4 is 4.74 Å². The number of thioether (sulfide) groups is 2. The maximum absolute atomic E-state index is 12.5. The highest BCUT2D eigenvalue weighted by Gasteiger charge is 2.16. The molecule has 0 bridgehead atoms. The molecule has 0 fully saturated rings. The maximum Gasteiger partial charge on any atom is 0.343 e. The number of hydrogen-bond acceptors (Lipinski definition) is 7. The quantitative estimate of drug-likeness (QED) is 0.570. The van der Waals surface area contributed by atoms with Crippen molar-refractivity contribution in [1.29, 1.82) is 0 Å². The van der Waals surface area contributed by atoms with E-state index in [2.05, 4.69) is 9.73 Å². The van der Waals surface area contributed by atoms with Crippen molar-refractivity contribution in [3.8, 4) is 5.75 Å². The molecular formula is C19H17NO4S2. The second-order valence-corrected chi connectivity index (χ2v) is 7.65. The van der Waals surface area contributed by atoms with Crippen LogP contribution in [0.2, 0.25) is 0 Å². The number of carbonyl (C=O) groups is 2. The highest BCUT2D eigenvalue weighted by atomic mass is 32.2. The number of hydrogen-bond donors (Lipinski definition) is 0. The fourth-order valence-corrected chi connectivity index (χ4v) is 4.34. The van der Waals surface area contributed by atoms with Gasteiger partial charge in [0.25, 0.3) is 0 Å². The van der Waals surface area contributed by atoms with Crippen LogP contribution in [-0.4, -0.2) is 35.7 Å². The summed E-state index contributed by atoms with van der Waals surface area (Å²) in [6, 6.07) is 13.7. The van der Waals surface area contributed by atoms with Crippen LogP contribution in [0.15, 0.2) is 53.5 Å². The lowest BCUT2D eigenvalue weighted by Gasteiger charge is -2.09. The van der Waals surface area contributed by atoms with Crippen molar-refractivity contribution in [2.24, 2.45) is 4.99 Å². The van der Waals surface area contributed by atoms with E-state index in [0.29, 0.717) is 22.6 Å². The Bertz CT molecular complexity index is 834. The van der Waals surface area contributed by atoms with E-state index in [-0.39, 0.29) is 0 Å². The van der Waals surface area contributed by atoms with Gasteiger partial charge in [-0.15, -0.1) is 0 Å². The van der Waals surface area contributed by atoms with Crippen molar-refractivity contribution in [3.05, 3.63) is 65.2 Å². The summed E-state index contributed by atoms with van der Waals surface area (Å²) in [5.41, 5.74) is 1.84. The Kier molecular flexibility index (Phi) is 6.35. The third-order valence-electron chi connectivity index (χ3n) is 3.63. The number of aliphatic imine (C=N–C) groups is 1. The van der Waals surface area contributed by atoms with Crippen LogP contribution in [0.1, 0.15) is 26.3 Å². The summed E-state index contributed by atoms with van der Waals surface area (Å²) >= 11 is 3.38. The maximum atomic E-state index is 12.5.